The Morgan fingerprint density at radius 3 is 2.10 bits per heavy atom. The number of ether oxygens (including phenoxy) is 1. The molecule has 2 atom stereocenters. The maximum atomic E-state index is 12.6. The molecule has 0 fully saturated rings. The Balaban J connectivity index is 1.64. The molecule has 31 heavy (non-hydrogen) atoms. The second-order valence-electron chi connectivity index (χ2n) is 7.56. The summed E-state index contributed by atoms with van der Waals surface area (Å²) in [6.07, 6.45) is 0.0200. The van der Waals surface area contributed by atoms with Crippen LogP contribution in [0.25, 0.3) is 11.1 Å². The van der Waals surface area contributed by atoms with Crippen LogP contribution in [0, 0.1) is 0 Å². The van der Waals surface area contributed by atoms with Gasteiger partial charge in [0.05, 0.1) is 5.56 Å². The number of nitrogens with one attached hydrogen (secondary N) is 1. The van der Waals surface area contributed by atoms with Crippen LogP contribution in [0.5, 0.6) is 5.75 Å². The zero-order valence-electron chi connectivity index (χ0n) is 18.0. The molecule has 0 spiro atoms. The number of phenols is 1. The second-order valence-corrected chi connectivity index (χ2v) is 7.56. The maximum Gasteiger partial charge on any atom is 0.338 e. The van der Waals surface area contributed by atoms with Gasteiger partial charge in [-0.2, -0.15) is 0 Å². The Labute approximate surface area is 182 Å². The lowest BCUT2D eigenvalue weighted by Crippen LogP contribution is -2.30. The minimum atomic E-state index is -0.936. The van der Waals surface area contributed by atoms with E-state index in [1.165, 1.54) is 0 Å². The minimum Gasteiger partial charge on any atom is -0.508 e. The third-order valence-corrected chi connectivity index (χ3v) is 5.34. The first kappa shape index (κ1) is 22.1. The second kappa shape index (κ2) is 9.94. The molecule has 3 rings (SSSR count). The highest BCUT2D eigenvalue weighted by Crippen LogP contribution is 2.27. The topological polar surface area (TPSA) is 75.6 Å². The zero-order valence-corrected chi connectivity index (χ0v) is 18.0. The van der Waals surface area contributed by atoms with Gasteiger partial charge in [0, 0.05) is 5.69 Å². The molecule has 0 aliphatic rings. The fraction of sp³-hybridized carbons (Fsp3) is 0.231. The quantitative estimate of drug-likeness (QED) is 0.480. The van der Waals surface area contributed by atoms with E-state index in [9.17, 15) is 14.7 Å². The monoisotopic (exact) mass is 417 g/mol. The van der Waals surface area contributed by atoms with E-state index in [0.717, 1.165) is 28.8 Å². The first-order valence-corrected chi connectivity index (χ1v) is 10.4. The number of phenolic OH excluding ortho intramolecular Hbond substituents is 1. The number of aromatic hydroxyl groups is 1. The van der Waals surface area contributed by atoms with Crippen LogP contribution in [0.15, 0.2) is 72.8 Å². The third kappa shape index (κ3) is 5.51. The number of rotatable bonds is 7. The van der Waals surface area contributed by atoms with Gasteiger partial charge in [0.1, 0.15) is 5.75 Å². The molecule has 160 valence electrons. The normalized spacial score (nSPS) is 12.6. The molecule has 3 aromatic carbocycles. The van der Waals surface area contributed by atoms with Crippen molar-refractivity contribution in [3.63, 3.8) is 0 Å². The van der Waals surface area contributed by atoms with E-state index in [1.54, 1.807) is 55.5 Å². The van der Waals surface area contributed by atoms with Crippen molar-refractivity contribution in [2.45, 2.75) is 39.2 Å². The standard InChI is InChI=1S/C26H27NO4/c1-4-17(2)23-7-5-6-8-24(23)27-25(29)18(3)31-26(30)21-11-9-19(10-12-21)20-13-15-22(28)16-14-20/h5-18,28H,4H2,1-3H3,(H,27,29)/t17-,18-/m1/s1. The van der Waals surface area contributed by atoms with Crippen LogP contribution in [0.4, 0.5) is 5.69 Å². The number of para-hydroxylation sites is 1. The summed E-state index contributed by atoms with van der Waals surface area (Å²) >= 11 is 0. The number of carbonyl (C=O) groups excluding carboxylic acids is 2. The van der Waals surface area contributed by atoms with Crippen LogP contribution in [0.3, 0.4) is 0 Å². The highest BCUT2D eigenvalue weighted by atomic mass is 16.5. The summed E-state index contributed by atoms with van der Waals surface area (Å²) < 4.78 is 5.37. The summed E-state index contributed by atoms with van der Waals surface area (Å²) in [7, 11) is 0. The van der Waals surface area contributed by atoms with Gasteiger partial charge < -0.3 is 15.2 Å². The Morgan fingerprint density at radius 2 is 1.48 bits per heavy atom. The number of hydrogen-bond acceptors (Lipinski definition) is 4. The summed E-state index contributed by atoms with van der Waals surface area (Å²) in [6.45, 7) is 5.76. The van der Waals surface area contributed by atoms with Crippen molar-refractivity contribution in [2.75, 3.05) is 5.32 Å². The molecule has 0 aromatic heterocycles. The zero-order chi connectivity index (χ0) is 22.4. The number of anilines is 1. The van der Waals surface area contributed by atoms with E-state index in [2.05, 4.69) is 19.2 Å². The molecule has 3 aromatic rings. The van der Waals surface area contributed by atoms with Crippen molar-refractivity contribution in [2.24, 2.45) is 0 Å². The average molecular weight is 418 g/mol. The molecule has 5 heteroatoms. The van der Waals surface area contributed by atoms with Crippen molar-refractivity contribution in [1.29, 1.82) is 0 Å². The van der Waals surface area contributed by atoms with Crippen LogP contribution < -0.4 is 5.32 Å². The smallest absolute Gasteiger partial charge is 0.338 e. The number of esters is 1. The molecular weight excluding hydrogens is 390 g/mol. The summed E-state index contributed by atoms with van der Waals surface area (Å²) in [5, 5.41) is 12.3. The van der Waals surface area contributed by atoms with Crippen LogP contribution in [0.1, 0.15) is 49.0 Å². The van der Waals surface area contributed by atoms with Gasteiger partial charge in [-0.1, -0.05) is 56.3 Å². The lowest BCUT2D eigenvalue weighted by molar-refractivity contribution is -0.123. The largest absolute Gasteiger partial charge is 0.508 e. The van der Waals surface area contributed by atoms with Crippen molar-refractivity contribution in [3.05, 3.63) is 83.9 Å². The number of amides is 1. The lowest BCUT2D eigenvalue weighted by atomic mass is 9.97. The lowest BCUT2D eigenvalue weighted by Gasteiger charge is -2.18. The molecule has 0 saturated heterocycles. The molecule has 0 heterocycles. The highest BCUT2D eigenvalue weighted by Gasteiger charge is 2.20. The number of hydrogen-bond donors (Lipinski definition) is 2. The summed E-state index contributed by atoms with van der Waals surface area (Å²) in [6, 6.07) is 21.4. The summed E-state index contributed by atoms with van der Waals surface area (Å²) in [5.74, 6) is -0.427. The molecule has 0 bridgehead atoms. The molecular formula is C26H27NO4. The van der Waals surface area contributed by atoms with Gasteiger partial charge >= 0.3 is 5.97 Å². The molecule has 0 radical (unpaired) electrons. The molecule has 2 N–H and O–H groups in total. The number of benzene rings is 3. The van der Waals surface area contributed by atoms with Gasteiger partial charge in [0.25, 0.3) is 5.91 Å². The molecule has 0 saturated carbocycles. The van der Waals surface area contributed by atoms with Crippen molar-refractivity contribution >= 4 is 17.6 Å². The molecule has 0 aliphatic carbocycles. The van der Waals surface area contributed by atoms with Crippen molar-refractivity contribution in [1.82, 2.24) is 0 Å². The van der Waals surface area contributed by atoms with Crippen molar-refractivity contribution < 1.29 is 19.4 Å². The average Bonchev–Trinajstić information content (AvgIpc) is 2.79. The van der Waals surface area contributed by atoms with Crippen LogP contribution in [0.2, 0.25) is 0 Å². The summed E-state index contributed by atoms with van der Waals surface area (Å²) in [5.41, 5.74) is 3.99. The van der Waals surface area contributed by atoms with Crippen LogP contribution in [-0.4, -0.2) is 23.1 Å². The molecule has 0 aliphatic heterocycles. The van der Waals surface area contributed by atoms with Gasteiger partial charge in [-0.05, 0) is 66.3 Å². The number of carbonyl (C=O) groups is 2. The van der Waals surface area contributed by atoms with E-state index in [4.69, 9.17) is 4.74 Å². The van der Waals surface area contributed by atoms with E-state index in [0.29, 0.717) is 11.5 Å². The highest BCUT2D eigenvalue weighted by molar-refractivity contribution is 5.98. The first-order chi connectivity index (χ1) is 14.9. The Kier molecular flexibility index (Phi) is 7.08. The maximum absolute atomic E-state index is 12.6. The van der Waals surface area contributed by atoms with E-state index >= 15 is 0 Å². The SMILES string of the molecule is CC[C@@H](C)c1ccccc1NC(=O)[C@@H](C)OC(=O)c1ccc(-c2ccc(O)cc2)cc1. The van der Waals surface area contributed by atoms with Gasteiger partial charge in [0.15, 0.2) is 6.10 Å². The van der Waals surface area contributed by atoms with Gasteiger partial charge in [0.2, 0.25) is 0 Å². The predicted octanol–water partition coefficient (Wildman–Crippen LogP) is 5.76. The Hall–Kier alpha value is -3.60. The van der Waals surface area contributed by atoms with Gasteiger partial charge in [-0.15, -0.1) is 0 Å². The van der Waals surface area contributed by atoms with E-state index in [1.807, 2.05) is 24.3 Å². The fourth-order valence-electron chi connectivity index (χ4n) is 3.23. The molecule has 1 amide bonds. The van der Waals surface area contributed by atoms with E-state index in [-0.39, 0.29) is 11.7 Å². The molecule has 0 unspecified atom stereocenters. The Bertz CT molecular complexity index is 1040. The minimum absolute atomic E-state index is 0.197. The molecule has 5 nitrogen and oxygen atoms in total. The van der Waals surface area contributed by atoms with E-state index < -0.39 is 12.1 Å². The Morgan fingerprint density at radius 1 is 0.903 bits per heavy atom. The van der Waals surface area contributed by atoms with Gasteiger partial charge in [-0.3, -0.25) is 4.79 Å². The summed E-state index contributed by atoms with van der Waals surface area (Å²) in [4.78, 5) is 25.1. The third-order valence-electron chi connectivity index (χ3n) is 5.34. The first-order valence-electron chi connectivity index (χ1n) is 10.4. The fourth-order valence-corrected chi connectivity index (χ4v) is 3.23. The van der Waals surface area contributed by atoms with Crippen molar-refractivity contribution in [3.8, 4) is 16.9 Å². The van der Waals surface area contributed by atoms with Crippen LogP contribution >= 0.6 is 0 Å². The van der Waals surface area contributed by atoms with Crippen LogP contribution in [-0.2, 0) is 9.53 Å². The van der Waals surface area contributed by atoms with Gasteiger partial charge in [-0.25, -0.2) is 4.79 Å². The predicted molar refractivity (Wildman–Crippen MR) is 122 cm³/mol.